The van der Waals surface area contributed by atoms with Crippen LogP contribution in [-0.4, -0.2) is 35.7 Å². The maximum absolute atomic E-state index is 13.3. The van der Waals surface area contributed by atoms with E-state index in [2.05, 4.69) is 30.6 Å². The smallest absolute Gasteiger partial charge is 0.256 e. The number of nitrogens with one attached hydrogen (secondary N) is 2. The van der Waals surface area contributed by atoms with Crippen molar-refractivity contribution in [2.75, 3.05) is 5.32 Å². The molecule has 174 valence electrons. The number of nitrogens with zero attached hydrogens (tertiary/aromatic N) is 5. The predicted octanol–water partition coefficient (Wildman–Crippen LogP) is 5.24. The van der Waals surface area contributed by atoms with Gasteiger partial charge in [-0.3, -0.25) is 14.9 Å². The average molecular weight is 475 g/mol. The van der Waals surface area contributed by atoms with E-state index >= 15 is 0 Å². The van der Waals surface area contributed by atoms with Gasteiger partial charge < -0.3 is 5.32 Å². The van der Waals surface area contributed by atoms with Crippen LogP contribution >= 0.6 is 0 Å². The van der Waals surface area contributed by atoms with Crippen molar-refractivity contribution >= 4 is 17.4 Å². The van der Waals surface area contributed by atoms with Crippen molar-refractivity contribution < 1.29 is 9.18 Å². The first-order chi connectivity index (χ1) is 17.6. The minimum absolute atomic E-state index is 0.280. The van der Waals surface area contributed by atoms with Crippen LogP contribution in [0.3, 0.4) is 0 Å². The van der Waals surface area contributed by atoms with Crippen molar-refractivity contribution in [2.45, 2.75) is 0 Å². The summed E-state index contributed by atoms with van der Waals surface area (Å²) in [6, 6.07) is 20.9. The molecule has 0 saturated carbocycles. The zero-order chi connectivity index (χ0) is 24.5. The Hall–Kier alpha value is -5.18. The molecule has 9 heteroatoms. The minimum atomic E-state index is -0.313. The van der Waals surface area contributed by atoms with Gasteiger partial charge in [-0.2, -0.15) is 10.2 Å². The molecule has 1 amide bonds. The lowest BCUT2D eigenvalue weighted by molar-refractivity contribution is 0.102. The molecule has 4 aromatic heterocycles. The van der Waals surface area contributed by atoms with Gasteiger partial charge in [0, 0.05) is 40.8 Å². The van der Waals surface area contributed by atoms with Gasteiger partial charge in [0.15, 0.2) is 11.5 Å². The molecule has 4 heterocycles. The summed E-state index contributed by atoms with van der Waals surface area (Å²) in [6.07, 6.45) is 6.85. The summed E-state index contributed by atoms with van der Waals surface area (Å²) in [7, 11) is 0. The Balaban J connectivity index is 1.26. The maximum atomic E-state index is 13.3. The molecule has 0 saturated heterocycles. The molecule has 8 nitrogen and oxygen atoms in total. The summed E-state index contributed by atoms with van der Waals surface area (Å²) in [5, 5.41) is 14.6. The molecule has 0 atom stereocenters. The van der Waals surface area contributed by atoms with Crippen molar-refractivity contribution in [3.63, 3.8) is 0 Å². The van der Waals surface area contributed by atoms with E-state index in [1.54, 1.807) is 47.5 Å². The zero-order valence-electron chi connectivity index (χ0n) is 18.8. The number of imidazole rings is 1. The van der Waals surface area contributed by atoms with E-state index in [0.29, 0.717) is 28.4 Å². The number of rotatable bonds is 5. The van der Waals surface area contributed by atoms with Crippen molar-refractivity contribution in [3.05, 3.63) is 109 Å². The summed E-state index contributed by atoms with van der Waals surface area (Å²) in [5.74, 6) is -0.215. The number of fused-ring (bicyclic) bond motifs is 1. The highest BCUT2D eigenvalue weighted by Gasteiger charge is 2.15. The monoisotopic (exact) mass is 475 g/mol. The highest BCUT2D eigenvalue weighted by Crippen LogP contribution is 2.29. The molecule has 0 aliphatic rings. The fraction of sp³-hybridized carbons (Fsp3) is 0. The number of anilines is 1. The molecule has 0 radical (unpaired) electrons. The Morgan fingerprint density at radius 1 is 0.944 bits per heavy atom. The molecule has 0 fully saturated rings. The SMILES string of the molecule is O=C(Nc1cn2nc(-c3c[nH]nc3-c3ccc(F)cc3)ccc2n1)c1cccc(-c2cccnc2)c1. The molecule has 36 heavy (non-hydrogen) atoms. The fourth-order valence-electron chi connectivity index (χ4n) is 3.96. The number of benzene rings is 2. The summed E-state index contributed by atoms with van der Waals surface area (Å²) in [4.78, 5) is 21.5. The Bertz CT molecular complexity index is 1690. The predicted molar refractivity (Wildman–Crippen MR) is 134 cm³/mol. The Kier molecular flexibility index (Phi) is 5.27. The van der Waals surface area contributed by atoms with Gasteiger partial charge in [-0.1, -0.05) is 18.2 Å². The second-order valence-electron chi connectivity index (χ2n) is 8.08. The number of hydrogen-bond donors (Lipinski definition) is 2. The fourth-order valence-corrected chi connectivity index (χ4v) is 3.96. The molecule has 2 N–H and O–H groups in total. The first kappa shape index (κ1) is 21.4. The third-order valence-corrected chi connectivity index (χ3v) is 5.72. The summed E-state index contributed by atoms with van der Waals surface area (Å²) < 4.78 is 14.9. The number of H-pyrrole nitrogens is 1. The third-order valence-electron chi connectivity index (χ3n) is 5.72. The van der Waals surface area contributed by atoms with Gasteiger partial charge in [0.2, 0.25) is 0 Å². The first-order valence-corrected chi connectivity index (χ1v) is 11.1. The van der Waals surface area contributed by atoms with Gasteiger partial charge >= 0.3 is 0 Å². The molecule has 6 rings (SSSR count). The van der Waals surface area contributed by atoms with E-state index in [9.17, 15) is 9.18 Å². The van der Waals surface area contributed by atoms with Gasteiger partial charge in [-0.25, -0.2) is 13.9 Å². The molecule has 0 unspecified atom stereocenters. The van der Waals surface area contributed by atoms with E-state index in [-0.39, 0.29) is 11.7 Å². The molecule has 0 aliphatic carbocycles. The number of pyridine rings is 1. The molecular formula is C27H18FN7O. The molecule has 0 spiro atoms. The van der Waals surface area contributed by atoms with Gasteiger partial charge in [0.25, 0.3) is 5.91 Å². The van der Waals surface area contributed by atoms with E-state index in [1.165, 1.54) is 12.1 Å². The number of carbonyl (C=O) groups is 1. The van der Waals surface area contributed by atoms with Crippen LogP contribution in [0.5, 0.6) is 0 Å². The second kappa shape index (κ2) is 8.88. The van der Waals surface area contributed by atoms with Gasteiger partial charge in [-0.05, 0) is 60.2 Å². The number of aromatic amines is 1. The maximum Gasteiger partial charge on any atom is 0.256 e. The second-order valence-corrected chi connectivity index (χ2v) is 8.08. The highest BCUT2D eigenvalue weighted by molar-refractivity contribution is 6.04. The van der Waals surface area contributed by atoms with E-state index < -0.39 is 0 Å². The van der Waals surface area contributed by atoms with Crippen LogP contribution in [0.2, 0.25) is 0 Å². The lowest BCUT2D eigenvalue weighted by atomic mass is 10.0. The van der Waals surface area contributed by atoms with Gasteiger partial charge in [0.1, 0.15) is 11.5 Å². The van der Waals surface area contributed by atoms with E-state index in [4.69, 9.17) is 0 Å². The van der Waals surface area contributed by atoms with Crippen molar-refractivity contribution in [3.8, 4) is 33.6 Å². The molecule has 2 aromatic carbocycles. The van der Waals surface area contributed by atoms with Crippen LogP contribution in [0.15, 0.2) is 97.6 Å². The van der Waals surface area contributed by atoms with Crippen LogP contribution in [0, 0.1) is 5.82 Å². The highest BCUT2D eigenvalue weighted by atomic mass is 19.1. The number of carbonyl (C=O) groups excluding carboxylic acids is 1. The van der Waals surface area contributed by atoms with Crippen LogP contribution in [0.25, 0.3) is 39.3 Å². The number of hydrogen-bond acceptors (Lipinski definition) is 5. The normalized spacial score (nSPS) is 11.0. The number of aromatic nitrogens is 6. The van der Waals surface area contributed by atoms with Crippen LogP contribution < -0.4 is 5.32 Å². The lowest BCUT2D eigenvalue weighted by Gasteiger charge is -2.05. The summed E-state index contributed by atoms with van der Waals surface area (Å²) in [5.41, 5.74) is 5.73. The number of halogens is 1. The van der Waals surface area contributed by atoms with Crippen molar-refractivity contribution in [1.82, 2.24) is 29.8 Å². The quantitative estimate of drug-likeness (QED) is 0.355. The van der Waals surface area contributed by atoms with Crippen molar-refractivity contribution in [2.24, 2.45) is 0 Å². The Labute approximate surface area is 204 Å². The largest absolute Gasteiger partial charge is 0.305 e. The molecular weight excluding hydrogens is 457 g/mol. The topological polar surface area (TPSA) is 101 Å². The Morgan fingerprint density at radius 3 is 2.64 bits per heavy atom. The lowest BCUT2D eigenvalue weighted by Crippen LogP contribution is -2.12. The summed E-state index contributed by atoms with van der Waals surface area (Å²) in [6.45, 7) is 0. The zero-order valence-corrected chi connectivity index (χ0v) is 18.8. The first-order valence-electron chi connectivity index (χ1n) is 11.1. The van der Waals surface area contributed by atoms with Gasteiger partial charge in [-0.15, -0.1) is 0 Å². The average Bonchev–Trinajstić information content (AvgIpc) is 3.56. The summed E-state index contributed by atoms with van der Waals surface area (Å²) >= 11 is 0. The molecule has 0 aliphatic heterocycles. The standard InChI is InChI=1S/C27H18FN7O/c28-21-8-6-17(7-9-21)26-22(15-30-33-26)23-10-11-25-31-24(16-35(25)34-23)32-27(36)19-4-1-3-18(13-19)20-5-2-12-29-14-20/h1-16H,(H,30,33)(H,32,36). The van der Waals surface area contributed by atoms with E-state index in [1.807, 2.05) is 42.5 Å². The van der Waals surface area contributed by atoms with Gasteiger partial charge in [0.05, 0.1) is 11.9 Å². The van der Waals surface area contributed by atoms with Crippen LogP contribution in [0.4, 0.5) is 10.2 Å². The minimum Gasteiger partial charge on any atom is -0.305 e. The molecule has 6 aromatic rings. The Morgan fingerprint density at radius 2 is 1.81 bits per heavy atom. The van der Waals surface area contributed by atoms with Crippen LogP contribution in [0.1, 0.15) is 10.4 Å². The van der Waals surface area contributed by atoms with Crippen molar-refractivity contribution in [1.29, 1.82) is 0 Å². The number of amides is 1. The van der Waals surface area contributed by atoms with E-state index in [0.717, 1.165) is 22.3 Å². The van der Waals surface area contributed by atoms with Crippen LogP contribution in [-0.2, 0) is 0 Å². The molecule has 0 bridgehead atoms. The third kappa shape index (κ3) is 4.09.